The number of rotatable bonds is 6. The summed E-state index contributed by atoms with van der Waals surface area (Å²) in [4.78, 5) is 32.5. The van der Waals surface area contributed by atoms with Crippen molar-refractivity contribution in [3.05, 3.63) is 68.1 Å². The summed E-state index contributed by atoms with van der Waals surface area (Å²) in [5.41, 5.74) is 4.74. The molecule has 0 bridgehead atoms. The topological polar surface area (TPSA) is 81.8 Å². The van der Waals surface area contributed by atoms with Crippen LogP contribution < -0.4 is 10.9 Å². The molecule has 0 radical (unpaired) electrons. The van der Waals surface area contributed by atoms with Crippen LogP contribution in [0.1, 0.15) is 33.8 Å². The van der Waals surface area contributed by atoms with Crippen LogP contribution in [0.4, 0.5) is 5.69 Å². The van der Waals surface area contributed by atoms with E-state index in [1.807, 2.05) is 36.7 Å². The number of fused-ring (bicyclic) bond motifs is 3. The summed E-state index contributed by atoms with van der Waals surface area (Å²) in [5.74, 6) is 0.0214. The van der Waals surface area contributed by atoms with Crippen molar-refractivity contribution in [2.75, 3.05) is 11.1 Å². The lowest BCUT2D eigenvalue weighted by Crippen LogP contribution is -2.21. The molecule has 1 aliphatic carbocycles. The predicted octanol–water partition coefficient (Wildman–Crippen LogP) is 4.08. The molecule has 3 aromatic heterocycles. The lowest BCUT2D eigenvalue weighted by molar-refractivity contribution is -0.113. The lowest BCUT2D eigenvalue weighted by Gasteiger charge is -2.09. The van der Waals surface area contributed by atoms with Crippen LogP contribution in [0.2, 0.25) is 0 Å². The first-order valence-electron chi connectivity index (χ1n) is 10.9. The largest absolute Gasteiger partial charge is 0.322 e. The van der Waals surface area contributed by atoms with Crippen molar-refractivity contribution >= 4 is 44.9 Å². The van der Waals surface area contributed by atoms with Crippen molar-refractivity contribution in [3.63, 3.8) is 0 Å². The highest BCUT2D eigenvalue weighted by Gasteiger charge is 2.23. The fraction of sp³-hybridized carbons (Fsp3) is 0.333. The summed E-state index contributed by atoms with van der Waals surface area (Å²) in [5, 5.41) is 8.93. The molecule has 9 heteroatoms. The third-order valence-corrected chi connectivity index (χ3v) is 8.27. The molecule has 0 saturated carbocycles. The van der Waals surface area contributed by atoms with Crippen LogP contribution in [0, 0.1) is 13.8 Å². The number of nitrogens with one attached hydrogen (secondary N) is 1. The zero-order valence-electron chi connectivity index (χ0n) is 18.8. The number of thiophene rings is 1. The minimum absolute atomic E-state index is 0.0174. The first-order chi connectivity index (χ1) is 15.9. The van der Waals surface area contributed by atoms with E-state index in [1.54, 1.807) is 23.0 Å². The third-order valence-electron chi connectivity index (χ3n) is 6.06. The fourth-order valence-corrected chi connectivity index (χ4v) is 6.40. The Hall–Kier alpha value is -2.91. The van der Waals surface area contributed by atoms with Crippen LogP contribution in [0.5, 0.6) is 0 Å². The molecule has 3 heterocycles. The molecule has 0 aliphatic heterocycles. The quantitative estimate of drug-likeness (QED) is 0.333. The molecule has 1 amide bonds. The molecule has 0 saturated heterocycles. The van der Waals surface area contributed by atoms with Crippen LogP contribution in [-0.2, 0) is 31.2 Å². The highest BCUT2D eigenvalue weighted by molar-refractivity contribution is 7.99. The molecule has 170 valence electrons. The van der Waals surface area contributed by atoms with E-state index in [0.717, 1.165) is 52.1 Å². The lowest BCUT2D eigenvalue weighted by atomic mass is 10.2. The van der Waals surface area contributed by atoms with E-state index in [9.17, 15) is 9.59 Å². The molecule has 33 heavy (non-hydrogen) atoms. The van der Waals surface area contributed by atoms with Gasteiger partial charge in [-0.15, -0.1) is 11.3 Å². The average Bonchev–Trinajstić information content (AvgIpc) is 3.46. The third kappa shape index (κ3) is 4.11. The Bertz CT molecular complexity index is 1420. The van der Waals surface area contributed by atoms with Gasteiger partial charge in [-0.05, 0) is 44.2 Å². The number of hydrogen-bond donors (Lipinski definition) is 1. The molecule has 1 aliphatic rings. The standard InChI is InChI=1S/C24H25N5O2S2/c1-14-21(15(2)29(27-14)12-16-8-5-4-6-9-16)25-19(30)13-32-24-26-22-20(23(31)28(24)3)17-10-7-11-18(17)33-22/h4-6,8-9H,7,10-13H2,1-3H3,(H,25,30). The van der Waals surface area contributed by atoms with Crippen LogP contribution in [0.15, 0.2) is 40.3 Å². The number of nitrogens with zero attached hydrogens (tertiary/aromatic N) is 4. The van der Waals surface area contributed by atoms with E-state index in [2.05, 4.69) is 22.5 Å². The summed E-state index contributed by atoms with van der Waals surface area (Å²) in [6, 6.07) is 10.1. The van der Waals surface area contributed by atoms with Gasteiger partial charge in [-0.3, -0.25) is 18.8 Å². The zero-order valence-corrected chi connectivity index (χ0v) is 20.5. The normalized spacial score (nSPS) is 12.9. The van der Waals surface area contributed by atoms with Crippen LogP contribution in [-0.4, -0.2) is 31.0 Å². The Morgan fingerprint density at radius 2 is 2.00 bits per heavy atom. The number of thioether (sulfide) groups is 1. The summed E-state index contributed by atoms with van der Waals surface area (Å²) < 4.78 is 3.47. The monoisotopic (exact) mass is 479 g/mol. The number of anilines is 1. The van der Waals surface area contributed by atoms with Gasteiger partial charge in [0.15, 0.2) is 5.16 Å². The van der Waals surface area contributed by atoms with Crippen molar-refractivity contribution < 1.29 is 4.79 Å². The molecule has 0 unspecified atom stereocenters. The van der Waals surface area contributed by atoms with Gasteiger partial charge in [0, 0.05) is 11.9 Å². The molecule has 1 N–H and O–H groups in total. The molecular weight excluding hydrogens is 454 g/mol. The number of aryl methyl sites for hydroxylation is 3. The number of benzene rings is 1. The fourth-order valence-electron chi connectivity index (χ4n) is 4.33. The maximum absolute atomic E-state index is 13.0. The van der Waals surface area contributed by atoms with E-state index in [0.29, 0.717) is 11.7 Å². The molecule has 5 rings (SSSR count). The molecule has 4 aromatic rings. The first-order valence-corrected chi connectivity index (χ1v) is 12.7. The minimum Gasteiger partial charge on any atom is -0.322 e. The van der Waals surface area contributed by atoms with Crippen molar-refractivity contribution in [2.24, 2.45) is 7.05 Å². The van der Waals surface area contributed by atoms with Crippen LogP contribution in [0.25, 0.3) is 10.2 Å². The first kappa shape index (κ1) is 21.9. The van der Waals surface area contributed by atoms with E-state index in [-0.39, 0.29) is 17.2 Å². The van der Waals surface area contributed by atoms with Gasteiger partial charge in [0.05, 0.1) is 34.8 Å². The SMILES string of the molecule is Cc1nn(Cc2ccccc2)c(C)c1NC(=O)CSc1nc2sc3c(c2c(=O)n1C)CCC3. The number of amides is 1. The number of carbonyl (C=O) groups is 1. The van der Waals surface area contributed by atoms with Crippen molar-refractivity contribution in [1.82, 2.24) is 19.3 Å². The van der Waals surface area contributed by atoms with Gasteiger partial charge in [0.2, 0.25) is 5.91 Å². The van der Waals surface area contributed by atoms with Gasteiger partial charge in [0.25, 0.3) is 5.56 Å². The Morgan fingerprint density at radius 1 is 1.21 bits per heavy atom. The Kier molecular flexibility index (Phi) is 5.84. The Labute approximate surface area is 199 Å². The second-order valence-corrected chi connectivity index (χ2v) is 10.3. The molecule has 0 spiro atoms. The van der Waals surface area contributed by atoms with Crippen molar-refractivity contribution in [1.29, 1.82) is 0 Å². The second-order valence-electron chi connectivity index (χ2n) is 8.32. The van der Waals surface area contributed by atoms with E-state index in [1.165, 1.54) is 22.2 Å². The zero-order chi connectivity index (χ0) is 23.1. The predicted molar refractivity (Wildman–Crippen MR) is 133 cm³/mol. The highest BCUT2D eigenvalue weighted by Crippen LogP contribution is 2.35. The van der Waals surface area contributed by atoms with Gasteiger partial charge in [-0.2, -0.15) is 5.10 Å². The van der Waals surface area contributed by atoms with Crippen LogP contribution in [0.3, 0.4) is 0 Å². The number of hydrogen-bond acceptors (Lipinski definition) is 6. The van der Waals surface area contributed by atoms with Crippen molar-refractivity contribution in [2.45, 2.75) is 44.8 Å². The van der Waals surface area contributed by atoms with Gasteiger partial charge in [-0.1, -0.05) is 42.1 Å². The summed E-state index contributed by atoms with van der Waals surface area (Å²) in [7, 11) is 1.73. The smallest absolute Gasteiger partial charge is 0.262 e. The molecule has 0 fully saturated rings. The van der Waals surface area contributed by atoms with Gasteiger partial charge in [-0.25, -0.2) is 4.98 Å². The minimum atomic E-state index is -0.145. The Morgan fingerprint density at radius 3 is 2.79 bits per heavy atom. The molecule has 0 atom stereocenters. The van der Waals surface area contributed by atoms with Gasteiger partial charge >= 0.3 is 0 Å². The molecule has 7 nitrogen and oxygen atoms in total. The number of aromatic nitrogens is 4. The summed E-state index contributed by atoms with van der Waals surface area (Å²) in [6.45, 7) is 4.50. The van der Waals surface area contributed by atoms with Crippen molar-refractivity contribution in [3.8, 4) is 0 Å². The summed E-state index contributed by atoms with van der Waals surface area (Å²) in [6.07, 6.45) is 3.09. The van der Waals surface area contributed by atoms with Gasteiger partial charge < -0.3 is 5.32 Å². The van der Waals surface area contributed by atoms with E-state index in [4.69, 9.17) is 4.98 Å². The van der Waals surface area contributed by atoms with Crippen LogP contribution >= 0.6 is 23.1 Å². The van der Waals surface area contributed by atoms with E-state index >= 15 is 0 Å². The highest BCUT2D eigenvalue weighted by atomic mass is 32.2. The maximum Gasteiger partial charge on any atom is 0.262 e. The Balaban J connectivity index is 1.30. The summed E-state index contributed by atoms with van der Waals surface area (Å²) >= 11 is 2.90. The molecular formula is C24H25N5O2S2. The average molecular weight is 480 g/mol. The number of carbonyl (C=O) groups excluding carboxylic acids is 1. The maximum atomic E-state index is 13.0. The second kappa shape index (κ2) is 8.79. The molecule has 1 aromatic carbocycles. The van der Waals surface area contributed by atoms with Gasteiger partial charge in [0.1, 0.15) is 4.83 Å². The van der Waals surface area contributed by atoms with E-state index < -0.39 is 0 Å².